The standard InChI is InChI=1S/C16H24N4/c1-12(10-13-6-3-2-4-9-17-13)19-15-7-5-8-16-14(15)11-18-20-16/h5,7-8,11-13,17,19H,2-4,6,9-10H2,1H3,(H,18,20). The molecule has 1 aromatic heterocycles. The molecule has 1 aliphatic rings. The van der Waals surface area contributed by atoms with Crippen molar-refractivity contribution in [2.24, 2.45) is 0 Å². The van der Waals surface area contributed by atoms with Crippen LogP contribution in [0.4, 0.5) is 5.69 Å². The highest BCUT2D eigenvalue weighted by Gasteiger charge is 2.15. The summed E-state index contributed by atoms with van der Waals surface area (Å²) in [6.45, 7) is 3.44. The predicted octanol–water partition coefficient (Wildman–Crippen LogP) is 3.29. The monoisotopic (exact) mass is 272 g/mol. The van der Waals surface area contributed by atoms with Crippen LogP contribution in [0, 0.1) is 0 Å². The zero-order valence-electron chi connectivity index (χ0n) is 12.2. The van der Waals surface area contributed by atoms with Crippen molar-refractivity contribution in [2.75, 3.05) is 11.9 Å². The molecular formula is C16H24N4. The molecule has 4 nitrogen and oxygen atoms in total. The summed E-state index contributed by atoms with van der Waals surface area (Å²) in [6.07, 6.45) is 8.44. The summed E-state index contributed by atoms with van der Waals surface area (Å²) >= 11 is 0. The number of nitrogens with zero attached hydrogens (tertiary/aromatic N) is 1. The van der Waals surface area contributed by atoms with E-state index in [0.29, 0.717) is 12.1 Å². The van der Waals surface area contributed by atoms with Crippen LogP contribution in [0.15, 0.2) is 24.4 Å². The second-order valence-corrected chi connectivity index (χ2v) is 5.92. The number of aromatic nitrogens is 2. The molecule has 4 heteroatoms. The van der Waals surface area contributed by atoms with E-state index in [4.69, 9.17) is 0 Å². The lowest BCUT2D eigenvalue weighted by Crippen LogP contribution is -2.33. The van der Waals surface area contributed by atoms with Crippen molar-refractivity contribution < 1.29 is 0 Å². The average molecular weight is 272 g/mol. The molecule has 0 saturated carbocycles. The van der Waals surface area contributed by atoms with Crippen molar-refractivity contribution >= 4 is 16.6 Å². The smallest absolute Gasteiger partial charge is 0.0671 e. The first-order valence-corrected chi connectivity index (χ1v) is 7.75. The lowest BCUT2D eigenvalue weighted by Gasteiger charge is -2.22. The molecule has 2 unspecified atom stereocenters. The Morgan fingerprint density at radius 3 is 3.25 bits per heavy atom. The molecule has 0 bridgehead atoms. The van der Waals surface area contributed by atoms with Gasteiger partial charge >= 0.3 is 0 Å². The van der Waals surface area contributed by atoms with Crippen molar-refractivity contribution in [1.82, 2.24) is 15.5 Å². The lowest BCUT2D eigenvalue weighted by atomic mass is 10.0. The summed E-state index contributed by atoms with van der Waals surface area (Å²) in [6, 6.07) is 7.38. The number of rotatable bonds is 4. The Morgan fingerprint density at radius 2 is 2.30 bits per heavy atom. The van der Waals surface area contributed by atoms with Gasteiger partial charge in [0.1, 0.15) is 0 Å². The summed E-state index contributed by atoms with van der Waals surface area (Å²) in [5.74, 6) is 0. The van der Waals surface area contributed by atoms with Gasteiger partial charge in [0.05, 0.1) is 11.7 Å². The van der Waals surface area contributed by atoms with Crippen molar-refractivity contribution in [1.29, 1.82) is 0 Å². The molecule has 1 saturated heterocycles. The van der Waals surface area contributed by atoms with Gasteiger partial charge in [0.2, 0.25) is 0 Å². The molecule has 2 atom stereocenters. The first kappa shape index (κ1) is 13.4. The van der Waals surface area contributed by atoms with Crippen LogP contribution in [0.25, 0.3) is 10.9 Å². The first-order chi connectivity index (χ1) is 9.83. The maximum atomic E-state index is 4.12. The Hall–Kier alpha value is -1.55. The Bertz CT molecular complexity index is 540. The van der Waals surface area contributed by atoms with Gasteiger partial charge in [-0.25, -0.2) is 0 Å². The number of fused-ring (bicyclic) bond motifs is 1. The van der Waals surface area contributed by atoms with Crippen LogP contribution in [-0.4, -0.2) is 28.8 Å². The Balaban J connectivity index is 1.63. The zero-order valence-corrected chi connectivity index (χ0v) is 12.2. The van der Waals surface area contributed by atoms with E-state index in [9.17, 15) is 0 Å². The van der Waals surface area contributed by atoms with E-state index in [1.165, 1.54) is 49.7 Å². The molecule has 0 radical (unpaired) electrons. The van der Waals surface area contributed by atoms with E-state index in [2.05, 4.69) is 46.0 Å². The van der Waals surface area contributed by atoms with Gasteiger partial charge in [0, 0.05) is 23.2 Å². The molecule has 3 rings (SSSR count). The average Bonchev–Trinajstić information content (AvgIpc) is 2.78. The Labute approximate surface area is 120 Å². The second kappa shape index (κ2) is 6.27. The predicted molar refractivity (Wildman–Crippen MR) is 84.1 cm³/mol. The topological polar surface area (TPSA) is 52.7 Å². The van der Waals surface area contributed by atoms with Crippen LogP contribution in [0.2, 0.25) is 0 Å². The van der Waals surface area contributed by atoms with Gasteiger partial charge < -0.3 is 10.6 Å². The molecule has 1 aliphatic heterocycles. The third-order valence-corrected chi connectivity index (χ3v) is 4.19. The summed E-state index contributed by atoms with van der Waals surface area (Å²) in [5.41, 5.74) is 2.27. The van der Waals surface area contributed by atoms with Gasteiger partial charge in [-0.3, -0.25) is 5.10 Å². The number of anilines is 1. The molecule has 108 valence electrons. The minimum atomic E-state index is 0.464. The van der Waals surface area contributed by atoms with Gasteiger partial charge in [-0.2, -0.15) is 5.10 Å². The van der Waals surface area contributed by atoms with Crippen LogP contribution in [-0.2, 0) is 0 Å². The van der Waals surface area contributed by atoms with Crippen LogP contribution in [0.3, 0.4) is 0 Å². The van der Waals surface area contributed by atoms with E-state index in [0.717, 1.165) is 5.52 Å². The number of H-pyrrole nitrogens is 1. The first-order valence-electron chi connectivity index (χ1n) is 7.75. The summed E-state index contributed by atoms with van der Waals surface area (Å²) in [5, 5.41) is 15.6. The van der Waals surface area contributed by atoms with E-state index in [1.54, 1.807) is 0 Å². The van der Waals surface area contributed by atoms with E-state index in [-0.39, 0.29) is 0 Å². The minimum absolute atomic E-state index is 0.464. The molecular weight excluding hydrogens is 248 g/mol. The fourth-order valence-corrected chi connectivity index (χ4v) is 3.15. The van der Waals surface area contributed by atoms with E-state index in [1.807, 2.05) is 6.20 Å². The Kier molecular flexibility index (Phi) is 4.21. The molecule has 0 spiro atoms. The molecule has 1 fully saturated rings. The van der Waals surface area contributed by atoms with E-state index >= 15 is 0 Å². The molecule has 3 N–H and O–H groups in total. The quantitative estimate of drug-likeness (QED) is 0.800. The molecule has 20 heavy (non-hydrogen) atoms. The van der Waals surface area contributed by atoms with E-state index < -0.39 is 0 Å². The lowest BCUT2D eigenvalue weighted by molar-refractivity contribution is 0.456. The normalized spacial score (nSPS) is 21.6. The van der Waals surface area contributed by atoms with Crippen molar-refractivity contribution in [3.8, 4) is 0 Å². The molecule has 1 aromatic carbocycles. The fraction of sp³-hybridized carbons (Fsp3) is 0.562. The zero-order chi connectivity index (χ0) is 13.8. The van der Waals surface area contributed by atoms with Crippen molar-refractivity contribution in [3.63, 3.8) is 0 Å². The minimum Gasteiger partial charge on any atom is -0.382 e. The van der Waals surface area contributed by atoms with Gasteiger partial charge in [0.25, 0.3) is 0 Å². The second-order valence-electron chi connectivity index (χ2n) is 5.92. The summed E-state index contributed by atoms with van der Waals surface area (Å²) in [4.78, 5) is 0. The maximum Gasteiger partial charge on any atom is 0.0671 e. The number of nitrogens with one attached hydrogen (secondary N) is 3. The highest BCUT2D eigenvalue weighted by atomic mass is 15.1. The number of hydrogen-bond acceptors (Lipinski definition) is 3. The van der Waals surface area contributed by atoms with Gasteiger partial charge in [0.15, 0.2) is 0 Å². The van der Waals surface area contributed by atoms with Crippen LogP contribution in [0.5, 0.6) is 0 Å². The Morgan fingerprint density at radius 1 is 1.35 bits per heavy atom. The van der Waals surface area contributed by atoms with Gasteiger partial charge in [-0.05, 0) is 44.9 Å². The number of benzene rings is 1. The summed E-state index contributed by atoms with van der Waals surface area (Å²) in [7, 11) is 0. The number of aromatic amines is 1. The fourth-order valence-electron chi connectivity index (χ4n) is 3.15. The van der Waals surface area contributed by atoms with Crippen molar-refractivity contribution in [3.05, 3.63) is 24.4 Å². The highest BCUT2D eigenvalue weighted by molar-refractivity contribution is 5.90. The van der Waals surface area contributed by atoms with Crippen LogP contribution < -0.4 is 10.6 Å². The van der Waals surface area contributed by atoms with Crippen LogP contribution >= 0.6 is 0 Å². The molecule has 2 heterocycles. The van der Waals surface area contributed by atoms with Gasteiger partial charge in [-0.15, -0.1) is 0 Å². The largest absolute Gasteiger partial charge is 0.382 e. The van der Waals surface area contributed by atoms with Crippen molar-refractivity contribution in [2.45, 2.75) is 51.1 Å². The van der Waals surface area contributed by atoms with Crippen LogP contribution in [0.1, 0.15) is 39.0 Å². The highest BCUT2D eigenvalue weighted by Crippen LogP contribution is 2.23. The SMILES string of the molecule is CC(CC1CCCCCN1)Nc1cccc2[nH]ncc12. The third-order valence-electron chi connectivity index (χ3n) is 4.19. The summed E-state index contributed by atoms with van der Waals surface area (Å²) < 4.78 is 0. The molecule has 0 aliphatic carbocycles. The maximum absolute atomic E-state index is 4.12. The molecule has 2 aromatic rings. The molecule has 0 amide bonds. The number of hydrogen-bond donors (Lipinski definition) is 3. The third kappa shape index (κ3) is 3.12. The van der Waals surface area contributed by atoms with Gasteiger partial charge in [-0.1, -0.05) is 18.9 Å².